The van der Waals surface area contributed by atoms with Crippen molar-refractivity contribution < 1.29 is 22.7 Å². The van der Waals surface area contributed by atoms with Crippen LogP contribution < -0.4 is 15.6 Å². The second-order valence-electron chi connectivity index (χ2n) is 7.09. The van der Waals surface area contributed by atoms with E-state index in [0.717, 1.165) is 22.6 Å². The van der Waals surface area contributed by atoms with Gasteiger partial charge >= 0.3 is 6.18 Å². The molecule has 1 amide bonds. The Morgan fingerprint density at radius 1 is 1.28 bits per heavy atom. The number of aromatic amines is 1. The molecule has 3 aromatic rings. The van der Waals surface area contributed by atoms with E-state index in [2.05, 4.69) is 15.3 Å². The van der Waals surface area contributed by atoms with Gasteiger partial charge in [0.15, 0.2) is 0 Å². The van der Waals surface area contributed by atoms with E-state index < -0.39 is 17.0 Å². The number of aryl methyl sites for hydroxylation is 2. The number of benzene rings is 1. The third-order valence-electron chi connectivity index (χ3n) is 4.78. The van der Waals surface area contributed by atoms with Crippen LogP contribution in [0.1, 0.15) is 28.8 Å². The molecule has 0 bridgehead atoms. The smallest absolute Gasteiger partial charge is 0.416 e. The van der Waals surface area contributed by atoms with Crippen LogP contribution in [-0.4, -0.2) is 34.3 Å². The van der Waals surface area contributed by atoms with Gasteiger partial charge in [-0.15, -0.1) is 23.1 Å². The number of aromatic nitrogens is 2. The zero-order valence-electron chi connectivity index (χ0n) is 17.6. The number of alkyl halides is 3. The van der Waals surface area contributed by atoms with Gasteiger partial charge in [-0.25, -0.2) is 4.98 Å². The van der Waals surface area contributed by atoms with Crippen molar-refractivity contribution in [1.82, 2.24) is 15.3 Å². The molecule has 0 aliphatic heterocycles. The topological polar surface area (TPSA) is 84.1 Å². The van der Waals surface area contributed by atoms with Gasteiger partial charge in [0.2, 0.25) is 5.91 Å². The fourth-order valence-electron chi connectivity index (χ4n) is 2.87. The number of carbonyl (C=O) groups is 1. The summed E-state index contributed by atoms with van der Waals surface area (Å²) in [7, 11) is 0. The normalized spacial score (nSPS) is 12.7. The molecule has 2 N–H and O–H groups in total. The summed E-state index contributed by atoms with van der Waals surface area (Å²) in [6, 6.07) is 4.37. The number of amides is 1. The molecule has 0 aliphatic rings. The van der Waals surface area contributed by atoms with Gasteiger partial charge in [-0.2, -0.15) is 13.2 Å². The molecule has 2 heterocycles. The van der Waals surface area contributed by atoms with Crippen molar-refractivity contribution in [3.8, 4) is 5.75 Å². The third-order valence-corrected chi connectivity index (χ3v) is 7.03. The van der Waals surface area contributed by atoms with Crippen LogP contribution in [0.15, 0.2) is 29.1 Å². The van der Waals surface area contributed by atoms with Gasteiger partial charge in [-0.1, -0.05) is 0 Å². The number of nitrogens with zero attached hydrogens (tertiary/aromatic N) is 1. The zero-order valence-corrected chi connectivity index (χ0v) is 19.3. The number of rotatable bonds is 8. The van der Waals surface area contributed by atoms with E-state index in [1.165, 1.54) is 35.2 Å². The molecule has 0 spiro atoms. The van der Waals surface area contributed by atoms with Gasteiger partial charge in [0.25, 0.3) is 5.56 Å². The van der Waals surface area contributed by atoms with E-state index in [9.17, 15) is 22.8 Å². The molecule has 0 saturated heterocycles. The van der Waals surface area contributed by atoms with E-state index in [0.29, 0.717) is 27.5 Å². The van der Waals surface area contributed by atoms with E-state index in [4.69, 9.17) is 4.74 Å². The second kappa shape index (κ2) is 9.95. The number of halogens is 3. The van der Waals surface area contributed by atoms with Crippen LogP contribution in [0.25, 0.3) is 10.2 Å². The average molecular weight is 486 g/mol. The second-order valence-corrected chi connectivity index (χ2v) is 9.62. The first-order valence-corrected chi connectivity index (χ1v) is 11.6. The number of nitrogens with one attached hydrogen (secondary N) is 2. The van der Waals surface area contributed by atoms with Crippen molar-refractivity contribution >= 4 is 39.2 Å². The summed E-state index contributed by atoms with van der Waals surface area (Å²) in [5.41, 5.74) is 0.0116. The van der Waals surface area contributed by atoms with Crippen molar-refractivity contribution in [3.05, 3.63) is 56.4 Å². The lowest BCUT2D eigenvalue weighted by Gasteiger charge is -2.13. The Morgan fingerprint density at radius 2 is 1.97 bits per heavy atom. The van der Waals surface area contributed by atoms with Crippen molar-refractivity contribution in [2.24, 2.45) is 0 Å². The number of carbonyl (C=O) groups excluding carboxylic acids is 1. The quantitative estimate of drug-likeness (QED) is 0.461. The van der Waals surface area contributed by atoms with Gasteiger partial charge in [0.05, 0.1) is 28.5 Å². The molecule has 32 heavy (non-hydrogen) atoms. The standard InChI is InChI=1S/C21H22F3N3O3S2/c1-11-12(2)32-20-17(11)19(29)26-16(27-20)10-31-13(3)18(28)25-8-9-30-15-6-4-14(5-7-15)21(22,23)24/h4-7,13H,8-10H2,1-3H3,(H,25,28)(H,26,27,29). The Hall–Kier alpha value is -2.53. The minimum absolute atomic E-state index is 0.122. The lowest BCUT2D eigenvalue weighted by atomic mass is 10.2. The SMILES string of the molecule is Cc1sc2nc(CSC(C)C(=O)NCCOc3ccc(C(F)(F)F)cc3)[nH]c(=O)c2c1C. The van der Waals surface area contributed by atoms with Crippen molar-refractivity contribution in [2.45, 2.75) is 38.0 Å². The van der Waals surface area contributed by atoms with Crippen molar-refractivity contribution in [1.29, 1.82) is 0 Å². The Balaban J connectivity index is 1.44. The number of ether oxygens (including phenoxy) is 1. The third kappa shape index (κ3) is 5.83. The molecular weight excluding hydrogens is 463 g/mol. The molecule has 1 unspecified atom stereocenters. The van der Waals surface area contributed by atoms with Crippen LogP contribution in [0.5, 0.6) is 5.75 Å². The Morgan fingerprint density at radius 3 is 2.62 bits per heavy atom. The van der Waals surface area contributed by atoms with E-state index in [-0.39, 0.29) is 24.6 Å². The first-order chi connectivity index (χ1) is 15.1. The predicted molar refractivity (Wildman–Crippen MR) is 120 cm³/mol. The van der Waals surface area contributed by atoms with Gasteiger partial charge in [0.1, 0.15) is 23.0 Å². The van der Waals surface area contributed by atoms with Gasteiger partial charge in [0, 0.05) is 4.88 Å². The van der Waals surface area contributed by atoms with E-state index >= 15 is 0 Å². The maximum atomic E-state index is 12.6. The monoisotopic (exact) mass is 485 g/mol. The van der Waals surface area contributed by atoms with Gasteiger partial charge < -0.3 is 15.0 Å². The van der Waals surface area contributed by atoms with Gasteiger partial charge in [-0.05, 0) is 50.6 Å². The van der Waals surface area contributed by atoms with Crippen molar-refractivity contribution in [3.63, 3.8) is 0 Å². The fourth-order valence-corrected chi connectivity index (χ4v) is 4.70. The zero-order chi connectivity index (χ0) is 23.5. The summed E-state index contributed by atoms with van der Waals surface area (Å²) < 4.78 is 43.0. The average Bonchev–Trinajstić information content (AvgIpc) is 3.02. The Labute approximate surface area is 190 Å². The number of thiophene rings is 1. The van der Waals surface area contributed by atoms with Gasteiger partial charge in [-0.3, -0.25) is 9.59 Å². The van der Waals surface area contributed by atoms with Crippen LogP contribution >= 0.6 is 23.1 Å². The lowest BCUT2D eigenvalue weighted by Crippen LogP contribution is -2.34. The number of hydrogen-bond donors (Lipinski definition) is 2. The first kappa shape index (κ1) is 24.1. The minimum Gasteiger partial charge on any atom is -0.492 e. The van der Waals surface area contributed by atoms with Crippen LogP contribution in [0.4, 0.5) is 13.2 Å². The predicted octanol–water partition coefficient (Wildman–Crippen LogP) is 4.44. The minimum atomic E-state index is -4.39. The molecule has 0 fully saturated rings. The lowest BCUT2D eigenvalue weighted by molar-refractivity contribution is -0.137. The number of thioether (sulfide) groups is 1. The highest BCUT2D eigenvalue weighted by atomic mass is 32.2. The molecule has 0 saturated carbocycles. The summed E-state index contributed by atoms with van der Waals surface area (Å²) in [6.45, 7) is 5.92. The molecule has 0 radical (unpaired) electrons. The molecule has 11 heteroatoms. The summed E-state index contributed by atoms with van der Waals surface area (Å²) in [6.07, 6.45) is -4.39. The molecule has 0 aliphatic carbocycles. The fraction of sp³-hybridized carbons (Fsp3) is 0.381. The summed E-state index contributed by atoms with van der Waals surface area (Å²) in [5, 5.41) is 2.94. The highest BCUT2D eigenvalue weighted by Gasteiger charge is 2.30. The summed E-state index contributed by atoms with van der Waals surface area (Å²) >= 11 is 2.81. The maximum absolute atomic E-state index is 12.6. The summed E-state index contributed by atoms with van der Waals surface area (Å²) in [4.78, 5) is 33.6. The molecule has 2 aromatic heterocycles. The maximum Gasteiger partial charge on any atom is 0.416 e. The van der Waals surface area contributed by atoms with E-state index in [1.807, 2.05) is 13.8 Å². The Kier molecular flexibility index (Phi) is 7.50. The molecule has 172 valence electrons. The van der Waals surface area contributed by atoms with Crippen LogP contribution in [0.2, 0.25) is 0 Å². The highest BCUT2D eigenvalue weighted by molar-refractivity contribution is 7.99. The van der Waals surface area contributed by atoms with Crippen LogP contribution in [0, 0.1) is 13.8 Å². The highest BCUT2D eigenvalue weighted by Crippen LogP contribution is 2.30. The molecule has 1 atom stereocenters. The van der Waals surface area contributed by atoms with Crippen LogP contribution in [-0.2, 0) is 16.7 Å². The van der Waals surface area contributed by atoms with E-state index in [1.54, 1.807) is 6.92 Å². The molecule has 1 aromatic carbocycles. The number of hydrogen-bond acceptors (Lipinski definition) is 6. The molecule has 3 rings (SSSR count). The molecular formula is C21H22F3N3O3S2. The van der Waals surface area contributed by atoms with Crippen LogP contribution in [0.3, 0.4) is 0 Å². The Bertz CT molecular complexity index is 1160. The first-order valence-electron chi connectivity index (χ1n) is 9.74. The molecule has 6 nitrogen and oxygen atoms in total. The summed E-state index contributed by atoms with van der Waals surface area (Å²) in [5.74, 6) is 0.966. The van der Waals surface area contributed by atoms with Crippen molar-refractivity contribution in [2.75, 3.05) is 13.2 Å². The number of H-pyrrole nitrogens is 1. The largest absolute Gasteiger partial charge is 0.492 e. The number of fused-ring (bicyclic) bond motifs is 1.